The second kappa shape index (κ2) is 2.57. The van der Waals surface area contributed by atoms with E-state index in [9.17, 15) is 0 Å². The van der Waals surface area contributed by atoms with E-state index < -0.39 is 0 Å². The lowest BCUT2D eigenvalue weighted by atomic mass is 9.92. The fourth-order valence-corrected chi connectivity index (χ4v) is 1.16. The van der Waals surface area contributed by atoms with E-state index in [-0.39, 0.29) is 0 Å². The Morgan fingerprint density at radius 1 is 1.44 bits per heavy atom. The van der Waals surface area contributed by atoms with Crippen LogP contribution in [0.5, 0.6) is 0 Å². The third-order valence-electron chi connectivity index (χ3n) is 1.89. The quantitative estimate of drug-likeness (QED) is 0.488. The highest BCUT2D eigenvalue weighted by Gasteiger charge is 2.14. The van der Waals surface area contributed by atoms with E-state index in [4.69, 9.17) is 11.6 Å². The standard InChI is InChI=1S/C8H11Cl/c1-6-4-3-5-8(9)7(6)2/h3-7H,1-2H3. The molecule has 1 heteroatoms. The summed E-state index contributed by atoms with van der Waals surface area (Å²) in [5, 5.41) is 0.977. The van der Waals surface area contributed by atoms with Crippen molar-refractivity contribution in [1.29, 1.82) is 0 Å². The molecule has 0 saturated carbocycles. The van der Waals surface area contributed by atoms with E-state index >= 15 is 0 Å². The van der Waals surface area contributed by atoms with Gasteiger partial charge in [-0.15, -0.1) is 0 Å². The van der Waals surface area contributed by atoms with Gasteiger partial charge in [-0.05, 0) is 17.9 Å². The summed E-state index contributed by atoms with van der Waals surface area (Å²) in [6.45, 7) is 4.32. The molecule has 0 aromatic heterocycles. The Hall–Kier alpha value is -0.230. The molecule has 0 spiro atoms. The van der Waals surface area contributed by atoms with Gasteiger partial charge in [-0.1, -0.05) is 37.6 Å². The molecular weight excluding hydrogens is 132 g/mol. The van der Waals surface area contributed by atoms with Crippen molar-refractivity contribution >= 4 is 11.6 Å². The van der Waals surface area contributed by atoms with Crippen LogP contribution in [-0.2, 0) is 0 Å². The Morgan fingerprint density at radius 2 is 2.11 bits per heavy atom. The Bertz CT molecular complexity index is 156. The molecule has 1 aliphatic carbocycles. The van der Waals surface area contributed by atoms with Crippen molar-refractivity contribution in [3.05, 3.63) is 23.3 Å². The molecule has 0 radical (unpaired) electrons. The summed E-state index contributed by atoms with van der Waals surface area (Å²) in [7, 11) is 0. The average Bonchev–Trinajstić information content (AvgIpc) is 1.83. The fourth-order valence-electron chi connectivity index (χ4n) is 0.892. The van der Waals surface area contributed by atoms with Gasteiger partial charge in [0.1, 0.15) is 0 Å². The van der Waals surface area contributed by atoms with Crippen LogP contribution < -0.4 is 0 Å². The van der Waals surface area contributed by atoms with Gasteiger partial charge in [0, 0.05) is 5.03 Å². The van der Waals surface area contributed by atoms with Crippen molar-refractivity contribution in [2.75, 3.05) is 0 Å². The molecule has 0 fully saturated rings. The summed E-state index contributed by atoms with van der Waals surface area (Å²) in [5.41, 5.74) is 0. The highest BCUT2D eigenvalue weighted by atomic mass is 35.5. The zero-order valence-electron chi connectivity index (χ0n) is 5.76. The van der Waals surface area contributed by atoms with E-state index in [1.54, 1.807) is 0 Å². The zero-order valence-corrected chi connectivity index (χ0v) is 6.52. The molecule has 2 unspecified atom stereocenters. The maximum Gasteiger partial charge on any atom is 0.0214 e. The second-order valence-electron chi connectivity index (χ2n) is 2.58. The topological polar surface area (TPSA) is 0 Å². The highest BCUT2D eigenvalue weighted by molar-refractivity contribution is 6.30. The Labute approximate surface area is 61.2 Å². The zero-order chi connectivity index (χ0) is 6.85. The number of rotatable bonds is 0. The van der Waals surface area contributed by atoms with Gasteiger partial charge in [-0.3, -0.25) is 0 Å². The van der Waals surface area contributed by atoms with Crippen LogP contribution >= 0.6 is 11.6 Å². The molecule has 0 aromatic rings. The van der Waals surface area contributed by atoms with Crippen LogP contribution in [0.3, 0.4) is 0 Å². The lowest BCUT2D eigenvalue weighted by Gasteiger charge is -2.18. The normalized spacial score (nSPS) is 34.3. The molecule has 1 aliphatic rings. The molecule has 0 aliphatic heterocycles. The molecule has 0 amide bonds. The van der Waals surface area contributed by atoms with Gasteiger partial charge in [-0.2, -0.15) is 0 Å². The molecule has 0 aromatic carbocycles. The van der Waals surface area contributed by atoms with Gasteiger partial charge in [0.05, 0.1) is 0 Å². The molecule has 9 heavy (non-hydrogen) atoms. The minimum absolute atomic E-state index is 0.511. The van der Waals surface area contributed by atoms with Gasteiger partial charge < -0.3 is 0 Å². The summed E-state index contributed by atoms with van der Waals surface area (Å²) in [4.78, 5) is 0. The van der Waals surface area contributed by atoms with Gasteiger partial charge in [-0.25, -0.2) is 0 Å². The van der Waals surface area contributed by atoms with Gasteiger partial charge in [0.2, 0.25) is 0 Å². The molecule has 0 heterocycles. The van der Waals surface area contributed by atoms with Crippen LogP contribution in [0.1, 0.15) is 13.8 Å². The van der Waals surface area contributed by atoms with Crippen LogP contribution in [-0.4, -0.2) is 0 Å². The number of halogens is 1. The summed E-state index contributed by atoms with van der Waals surface area (Å²) < 4.78 is 0. The van der Waals surface area contributed by atoms with E-state index in [0.717, 1.165) is 5.03 Å². The van der Waals surface area contributed by atoms with Crippen LogP contribution in [0, 0.1) is 11.8 Å². The van der Waals surface area contributed by atoms with Crippen LogP contribution in [0.15, 0.2) is 23.3 Å². The SMILES string of the molecule is CC1C=CC=C(Cl)C1C. The minimum atomic E-state index is 0.511. The fraction of sp³-hybridized carbons (Fsp3) is 0.500. The number of hydrogen-bond acceptors (Lipinski definition) is 0. The smallest absolute Gasteiger partial charge is 0.0214 e. The molecule has 1 rings (SSSR count). The highest BCUT2D eigenvalue weighted by Crippen LogP contribution is 2.27. The van der Waals surface area contributed by atoms with Crippen molar-refractivity contribution in [3.8, 4) is 0 Å². The Balaban J connectivity index is 2.73. The number of hydrogen-bond donors (Lipinski definition) is 0. The van der Waals surface area contributed by atoms with Crippen LogP contribution in [0.4, 0.5) is 0 Å². The molecule has 0 saturated heterocycles. The summed E-state index contributed by atoms with van der Waals surface area (Å²) >= 11 is 5.87. The minimum Gasteiger partial charge on any atom is -0.0888 e. The summed E-state index contributed by atoms with van der Waals surface area (Å²) in [6.07, 6.45) is 6.16. The van der Waals surface area contributed by atoms with Crippen LogP contribution in [0.2, 0.25) is 0 Å². The predicted octanol–water partition coefficient (Wildman–Crippen LogP) is 2.95. The molecule has 2 atom stereocenters. The maximum atomic E-state index is 5.87. The van der Waals surface area contributed by atoms with E-state index in [2.05, 4.69) is 19.9 Å². The first-order valence-corrected chi connectivity index (χ1v) is 3.63. The first-order valence-electron chi connectivity index (χ1n) is 3.25. The van der Waals surface area contributed by atoms with Crippen molar-refractivity contribution in [3.63, 3.8) is 0 Å². The van der Waals surface area contributed by atoms with E-state index in [1.807, 2.05) is 12.2 Å². The third-order valence-corrected chi connectivity index (χ3v) is 2.36. The van der Waals surface area contributed by atoms with Crippen molar-refractivity contribution in [1.82, 2.24) is 0 Å². The Morgan fingerprint density at radius 3 is 2.56 bits per heavy atom. The van der Waals surface area contributed by atoms with Gasteiger partial charge in [0.25, 0.3) is 0 Å². The maximum absolute atomic E-state index is 5.87. The second-order valence-corrected chi connectivity index (χ2v) is 3.02. The predicted molar refractivity (Wildman–Crippen MR) is 41.4 cm³/mol. The van der Waals surface area contributed by atoms with Crippen LogP contribution in [0.25, 0.3) is 0 Å². The largest absolute Gasteiger partial charge is 0.0888 e. The molecule has 50 valence electrons. The molecule has 0 nitrogen and oxygen atoms in total. The molecule has 0 bridgehead atoms. The van der Waals surface area contributed by atoms with Crippen molar-refractivity contribution < 1.29 is 0 Å². The third kappa shape index (κ3) is 1.36. The Kier molecular flexibility index (Phi) is 1.97. The molecular formula is C8H11Cl. The van der Waals surface area contributed by atoms with Crippen molar-refractivity contribution in [2.24, 2.45) is 11.8 Å². The van der Waals surface area contributed by atoms with Crippen molar-refractivity contribution in [2.45, 2.75) is 13.8 Å². The van der Waals surface area contributed by atoms with Gasteiger partial charge >= 0.3 is 0 Å². The lowest BCUT2D eigenvalue weighted by molar-refractivity contribution is 0.543. The summed E-state index contributed by atoms with van der Waals surface area (Å²) in [5.74, 6) is 1.11. The lowest BCUT2D eigenvalue weighted by Crippen LogP contribution is -2.07. The monoisotopic (exact) mass is 142 g/mol. The van der Waals surface area contributed by atoms with Gasteiger partial charge in [0.15, 0.2) is 0 Å². The van der Waals surface area contributed by atoms with E-state index in [0.29, 0.717) is 11.8 Å². The average molecular weight is 143 g/mol. The first-order chi connectivity index (χ1) is 4.22. The number of allylic oxidation sites excluding steroid dienone is 4. The molecule has 0 N–H and O–H groups in total. The van der Waals surface area contributed by atoms with E-state index in [1.165, 1.54) is 0 Å². The first kappa shape index (κ1) is 6.88. The summed E-state index contributed by atoms with van der Waals surface area (Å²) in [6, 6.07) is 0.